The van der Waals surface area contributed by atoms with Crippen LogP contribution in [-0.2, 0) is 0 Å². The molecule has 1 aromatic heterocycles. The average Bonchev–Trinajstić information content (AvgIpc) is 3.04. The summed E-state index contributed by atoms with van der Waals surface area (Å²) in [6.45, 7) is 0. The highest BCUT2D eigenvalue weighted by Gasteiger charge is 2.15. The van der Waals surface area contributed by atoms with E-state index in [9.17, 15) is 13.6 Å². The van der Waals surface area contributed by atoms with E-state index in [2.05, 4.69) is 15.3 Å². The largest absolute Gasteiger partial charge is 0.417 e. The van der Waals surface area contributed by atoms with Gasteiger partial charge in [0.25, 0.3) is 0 Å². The van der Waals surface area contributed by atoms with Crippen LogP contribution in [0.4, 0.5) is 19.3 Å². The Morgan fingerprint density at radius 1 is 1.04 bits per heavy atom. The maximum Gasteiger partial charge on any atom is 0.417 e. The predicted molar refractivity (Wildman–Crippen MR) is 103 cm³/mol. The molecule has 140 valence electrons. The molecule has 0 saturated heterocycles. The molecule has 0 aliphatic carbocycles. The molecule has 0 aliphatic heterocycles. The normalized spacial score (nSPS) is 10.8. The van der Waals surface area contributed by atoms with Gasteiger partial charge in [-0.25, -0.2) is 18.6 Å². The van der Waals surface area contributed by atoms with Gasteiger partial charge in [-0.15, -0.1) is 0 Å². The number of nitrogens with zero attached hydrogens (tertiary/aromatic N) is 1. The van der Waals surface area contributed by atoms with E-state index in [1.54, 1.807) is 30.3 Å². The fourth-order valence-electron chi connectivity index (χ4n) is 2.71. The Balaban J connectivity index is 1.57. The van der Waals surface area contributed by atoms with Gasteiger partial charge in [0.15, 0.2) is 0 Å². The van der Waals surface area contributed by atoms with Crippen molar-refractivity contribution in [3.8, 4) is 17.1 Å². The molecule has 0 saturated carbocycles. The first-order chi connectivity index (χ1) is 13.5. The molecule has 4 aromatic rings. The van der Waals surface area contributed by atoms with E-state index in [0.717, 1.165) is 12.1 Å². The van der Waals surface area contributed by atoms with Crippen LogP contribution < -0.4 is 10.1 Å². The van der Waals surface area contributed by atoms with Crippen molar-refractivity contribution in [1.29, 1.82) is 0 Å². The van der Waals surface area contributed by atoms with Crippen LogP contribution >= 0.6 is 11.6 Å². The Bertz CT molecular complexity index is 1170. The third-order valence-corrected chi connectivity index (χ3v) is 4.17. The number of halogens is 3. The summed E-state index contributed by atoms with van der Waals surface area (Å²) in [5, 5.41) is 3.03. The Hall–Kier alpha value is -3.45. The summed E-state index contributed by atoms with van der Waals surface area (Å²) < 4.78 is 33.2. The van der Waals surface area contributed by atoms with Gasteiger partial charge in [0.05, 0.1) is 16.6 Å². The molecule has 2 N–H and O–H groups in total. The second-order valence-corrected chi connectivity index (χ2v) is 6.32. The topological polar surface area (TPSA) is 67.0 Å². The van der Waals surface area contributed by atoms with Gasteiger partial charge < -0.3 is 9.72 Å². The molecule has 8 heteroatoms. The van der Waals surface area contributed by atoms with Gasteiger partial charge in [-0.3, -0.25) is 5.32 Å². The number of imidazole rings is 1. The molecule has 4 rings (SSSR count). The van der Waals surface area contributed by atoms with Crippen molar-refractivity contribution in [2.24, 2.45) is 0 Å². The molecule has 5 nitrogen and oxygen atoms in total. The lowest BCUT2D eigenvalue weighted by atomic mass is 10.2. The van der Waals surface area contributed by atoms with E-state index < -0.39 is 17.7 Å². The van der Waals surface area contributed by atoms with Crippen LogP contribution in [0.25, 0.3) is 22.4 Å². The number of ether oxygens (including phenoxy) is 1. The van der Waals surface area contributed by atoms with Crippen molar-refractivity contribution >= 4 is 34.4 Å². The molecule has 3 aromatic carbocycles. The van der Waals surface area contributed by atoms with Gasteiger partial charge in [-0.1, -0.05) is 23.7 Å². The molecule has 0 aliphatic rings. The van der Waals surface area contributed by atoms with Crippen molar-refractivity contribution in [1.82, 2.24) is 9.97 Å². The third-order valence-electron chi connectivity index (χ3n) is 3.93. The number of hydrogen-bond acceptors (Lipinski definition) is 3. The fourth-order valence-corrected chi connectivity index (χ4v) is 2.90. The highest BCUT2D eigenvalue weighted by molar-refractivity contribution is 6.30. The highest BCUT2D eigenvalue weighted by Crippen LogP contribution is 2.27. The molecular formula is C20H12ClF2N3O2. The summed E-state index contributed by atoms with van der Waals surface area (Å²) in [4.78, 5) is 19.1. The van der Waals surface area contributed by atoms with Crippen molar-refractivity contribution in [3.63, 3.8) is 0 Å². The van der Waals surface area contributed by atoms with E-state index in [1.165, 1.54) is 18.2 Å². The molecule has 0 spiro atoms. The quantitative estimate of drug-likeness (QED) is 0.459. The number of anilines is 1. The monoisotopic (exact) mass is 399 g/mol. The highest BCUT2D eigenvalue weighted by atomic mass is 35.5. The molecular weight excluding hydrogens is 388 g/mol. The fraction of sp³-hybridized carbons (Fsp3) is 0. The average molecular weight is 400 g/mol. The zero-order valence-corrected chi connectivity index (χ0v) is 14.9. The van der Waals surface area contributed by atoms with Gasteiger partial charge in [0.1, 0.15) is 23.2 Å². The number of nitrogens with one attached hydrogen (secondary N) is 2. The minimum Gasteiger partial charge on any atom is -0.410 e. The second kappa shape index (κ2) is 7.28. The third kappa shape index (κ3) is 3.65. The van der Waals surface area contributed by atoms with Gasteiger partial charge in [-0.2, -0.15) is 0 Å². The molecule has 0 atom stereocenters. The number of fused-ring (bicyclic) bond motifs is 1. The van der Waals surface area contributed by atoms with Gasteiger partial charge >= 0.3 is 6.09 Å². The summed E-state index contributed by atoms with van der Waals surface area (Å²) >= 11 is 5.87. The summed E-state index contributed by atoms with van der Waals surface area (Å²) in [6, 6.07) is 14.8. The lowest BCUT2D eigenvalue weighted by Crippen LogP contribution is -2.16. The van der Waals surface area contributed by atoms with Crippen LogP contribution in [0.1, 0.15) is 0 Å². The number of benzene rings is 3. The molecule has 0 radical (unpaired) electrons. The number of hydrogen-bond donors (Lipinski definition) is 2. The number of aromatic amines is 1. The minimum atomic E-state index is -0.726. The van der Waals surface area contributed by atoms with E-state index in [0.29, 0.717) is 21.7 Å². The second-order valence-electron chi connectivity index (χ2n) is 5.89. The van der Waals surface area contributed by atoms with Crippen molar-refractivity contribution in [3.05, 3.63) is 77.3 Å². The van der Waals surface area contributed by atoms with Crippen molar-refractivity contribution < 1.29 is 18.3 Å². The van der Waals surface area contributed by atoms with Crippen LogP contribution in [0.3, 0.4) is 0 Å². The van der Waals surface area contributed by atoms with Crippen LogP contribution in [0, 0.1) is 11.6 Å². The molecule has 0 bridgehead atoms. The first kappa shape index (κ1) is 17.9. The summed E-state index contributed by atoms with van der Waals surface area (Å²) in [5.41, 5.74) is 1.17. The Labute approximate surface area is 162 Å². The minimum absolute atomic E-state index is 0.0473. The molecule has 1 heterocycles. The summed E-state index contributed by atoms with van der Waals surface area (Å²) in [5.74, 6) is -1.17. The van der Waals surface area contributed by atoms with Crippen molar-refractivity contribution in [2.75, 3.05) is 5.32 Å². The van der Waals surface area contributed by atoms with Crippen LogP contribution in [-0.4, -0.2) is 16.1 Å². The molecule has 1 amide bonds. The Morgan fingerprint density at radius 2 is 1.79 bits per heavy atom. The Kier molecular flexibility index (Phi) is 4.67. The zero-order chi connectivity index (χ0) is 19.7. The molecule has 0 unspecified atom stereocenters. The zero-order valence-electron chi connectivity index (χ0n) is 14.2. The number of H-pyrrole nitrogens is 1. The molecule has 28 heavy (non-hydrogen) atoms. The van der Waals surface area contributed by atoms with Crippen LogP contribution in [0.2, 0.25) is 5.02 Å². The number of carbonyl (C=O) groups is 1. The number of aromatic nitrogens is 2. The smallest absolute Gasteiger partial charge is 0.410 e. The number of rotatable bonds is 3. The maximum absolute atomic E-state index is 14.0. The predicted octanol–water partition coefficient (Wildman–Crippen LogP) is 5.77. The van der Waals surface area contributed by atoms with E-state index >= 15 is 0 Å². The summed E-state index contributed by atoms with van der Waals surface area (Å²) in [6.07, 6.45) is -0.707. The maximum atomic E-state index is 14.0. The number of amides is 1. The lowest BCUT2D eigenvalue weighted by molar-refractivity contribution is 0.215. The van der Waals surface area contributed by atoms with Crippen LogP contribution in [0.15, 0.2) is 60.7 Å². The first-order valence-corrected chi connectivity index (χ1v) is 8.56. The molecule has 0 fully saturated rings. The van der Waals surface area contributed by atoms with E-state index in [1.807, 2.05) is 0 Å². The SMILES string of the molecule is O=C(Nc1cccc(Cl)c1)Oc1ccc2nc(-c3c(F)cccc3F)[nH]c2c1. The first-order valence-electron chi connectivity index (χ1n) is 8.18. The van der Waals surface area contributed by atoms with E-state index in [4.69, 9.17) is 16.3 Å². The van der Waals surface area contributed by atoms with Crippen molar-refractivity contribution in [2.45, 2.75) is 0 Å². The lowest BCUT2D eigenvalue weighted by Gasteiger charge is -2.06. The van der Waals surface area contributed by atoms with Gasteiger partial charge in [-0.05, 0) is 42.5 Å². The van der Waals surface area contributed by atoms with Crippen LogP contribution in [0.5, 0.6) is 5.75 Å². The number of carbonyl (C=O) groups excluding carboxylic acids is 1. The van der Waals surface area contributed by atoms with Gasteiger partial charge in [0.2, 0.25) is 0 Å². The van der Waals surface area contributed by atoms with Gasteiger partial charge in [0, 0.05) is 16.8 Å². The van der Waals surface area contributed by atoms with E-state index in [-0.39, 0.29) is 17.1 Å². The Morgan fingerprint density at radius 3 is 2.54 bits per heavy atom. The standard InChI is InChI=1S/C20H12ClF2N3O2/c21-11-3-1-4-12(9-11)24-20(27)28-13-7-8-16-17(10-13)26-19(25-16)18-14(22)5-2-6-15(18)23/h1-10H,(H,24,27)(H,25,26). The summed E-state index contributed by atoms with van der Waals surface area (Å²) in [7, 11) is 0.